The number of unbranched alkanes of at least 4 members (excludes halogenated alkanes) is 1. The Hall–Kier alpha value is -2.20. The van der Waals surface area contributed by atoms with Gasteiger partial charge in [-0.15, -0.1) is 0 Å². The number of aliphatic hydroxyl groups is 2. The van der Waals surface area contributed by atoms with Gasteiger partial charge in [0.05, 0.1) is 20.3 Å². The molecule has 0 saturated carbocycles. The van der Waals surface area contributed by atoms with Crippen molar-refractivity contribution < 1.29 is 43.9 Å². The second kappa shape index (κ2) is 22.6. The highest BCUT2D eigenvalue weighted by molar-refractivity contribution is 5.76. The summed E-state index contributed by atoms with van der Waals surface area (Å²) in [6.07, 6.45) is 3.51. The summed E-state index contributed by atoms with van der Waals surface area (Å²) in [4.78, 5) is 21.3. The minimum atomic E-state index is -1.39. The van der Waals surface area contributed by atoms with Crippen LogP contribution in [0.15, 0.2) is 18.2 Å². The number of phenolic OH excluding ortho intramolecular Hbond substituents is 1. The first-order valence-corrected chi connectivity index (χ1v) is 11.7. The Kier molecular flexibility index (Phi) is 22.6. The van der Waals surface area contributed by atoms with E-state index in [1.807, 2.05) is 20.8 Å². The molecule has 2 atom stereocenters. The van der Waals surface area contributed by atoms with E-state index in [-0.39, 0.29) is 12.0 Å². The van der Waals surface area contributed by atoms with Gasteiger partial charge in [0.2, 0.25) is 0 Å². The number of hydrogen-bond acceptors (Lipinski definition) is 9. The molecular weight excluding hydrogens is 444 g/mol. The van der Waals surface area contributed by atoms with Gasteiger partial charge < -0.3 is 34.3 Å². The molecule has 0 saturated heterocycles. The maximum absolute atomic E-state index is 11.0. The molecule has 1 aromatic rings. The highest BCUT2D eigenvalue weighted by atomic mass is 16.7. The van der Waals surface area contributed by atoms with Crippen LogP contribution in [-0.2, 0) is 19.0 Å². The summed E-state index contributed by atoms with van der Waals surface area (Å²) in [5, 5.41) is 26.6. The van der Waals surface area contributed by atoms with E-state index in [9.17, 15) is 9.59 Å². The average Bonchev–Trinajstić information content (AvgIpc) is 2.85. The molecule has 1 rings (SSSR count). The fraction of sp³-hybridized carbons (Fsp3) is 0.680. The van der Waals surface area contributed by atoms with Crippen LogP contribution in [0.25, 0.3) is 0 Å². The molecule has 198 valence electrons. The number of esters is 1. The van der Waals surface area contributed by atoms with Crippen molar-refractivity contribution in [2.24, 2.45) is 5.92 Å². The number of carbonyl (C=O) groups is 2. The number of methoxy groups -OCH3 is 1. The van der Waals surface area contributed by atoms with Gasteiger partial charge in [-0.1, -0.05) is 33.1 Å². The summed E-state index contributed by atoms with van der Waals surface area (Å²) in [7, 11) is 1.43. The first kappa shape index (κ1) is 34.0. The first-order valence-electron chi connectivity index (χ1n) is 11.7. The molecule has 1 aromatic carbocycles. The van der Waals surface area contributed by atoms with Gasteiger partial charge in [0.1, 0.15) is 6.29 Å². The molecule has 0 heterocycles. The molecule has 3 N–H and O–H groups in total. The maximum Gasteiger partial charge on any atom is 0.337 e. The number of carbonyl (C=O) groups excluding carboxylic acids is 2. The van der Waals surface area contributed by atoms with E-state index in [2.05, 4.69) is 13.8 Å². The van der Waals surface area contributed by atoms with Gasteiger partial charge in [0.25, 0.3) is 0 Å². The number of aldehydes is 1. The topological polar surface area (TPSA) is 132 Å². The van der Waals surface area contributed by atoms with Crippen molar-refractivity contribution in [3.63, 3.8) is 0 Å². The Labute approximate surface area is 204 Å². The van der Waals surface area contributed by atoms with Crippen molar-refractivity contribution in [2.45, 2.75) is 72.7 Å². The van der Waals surface area contributed by atoms with Gasteiger partial charge in [0, 0.05) is 18.8 Å². The van der Waals surface area contributed by atoms with Crippen LogP contribution in [0, 0.1) is 5.92 Å². The zero-order valence-electron chi connectivity index (χ0n) is 21.5. The molecule has 0 spiro atoms. The zero-order valence-corrected chi connectivity index (χ0v) is 21.5. The van der Waals surface area contributed by atoms with Crippen molar-refractivity contribution >= 4 is 12.3 Å². The number of rotatable bonds is 14. The van der Waals surface area contributed by atoms with E-state index >= 15 is 0 Å². The highest BCUT2D eigenvalue weighted by Crippen LogP contribution is 2.25. The Morgan fingerprint density at radius 1 is 1.12 bits per heavy atom. The highest BCUT2D eigenvalue weighted by Gasteiger charge is 2.17. The van der Waals surface area contributed by atoms with Crippen LogP contribution in [0.3, 0.4) is 0 Å². The lowest BCUT2D eigenvalue weighted by atomic mass is 10.0. The largest absolute Gasteiger partial charge is 0.504 e. The van der Waals surface area contributed by atoms with Crippen molar-refractivity contribution in [1.29, 1.82) is 0 Å². The van der Waals surface area contributed by atoms with E-state index in [1.54, 1.807) is 0 Å². The molecule has 0 aliphatic rings. The predicted molar refractivity (Wildman–Crippen MR) is 130 cm³/mol. The smallest absolute Gasteiger partial charge is 0.337 e. The second-order valence-corrected chi connectivity index (χ2v) is 7.27. The van der Waals surface area contributed by atoms with Gasteiger partial charge in [-0.3, -0.25) is 4.79 Å². The summed E-state index contributed by atoms with van der Waals surface area (Å²) >= 11 is 0. The third-order valence-corrected chi connectivity index (χ3v) is 4.59. The molecule has 0 aliphatic carbocycles. The van der Waals surface area contributed by atoms with Crippen LogP contribution in [0.1, 0.15) is 70.7 Å². The normalized spacial score (nSPS) is 11.9. The summed E-state index contributed by atoms with van der Waals surface area (Å²) in [6, 6.07) is 4.41. The fourth-order valence-electron chi connectivity index (χ4n) is 2.55. The van der Waals surface area contributed by atoms with E-state index in [0.717, 1.165) is 38.9 Å². The Morgan fingerprint density at radius 3 is 2.18 bits per heavy atom. The molecule has 34 heavy (non-hydrogen) atoms. The van der Waals surface area contributed by atoms with E-state index in [1.165, 1.54) is 25.3 Å². The molecule has 0 bridgehead atoms. The van der Waals surface area contributed by atoms with Crippen molar-refractivity contribution in [1.82, 2.24) is 0 Å². The summed E-state index contributed by atoms with van der Waals surface area (Å²) in [5.74, 6) is -0.0139. The SMILES string of the molecule is CCCCC(CC)COC(=O)C(O)CO.CCOC(C)OCC.COc1cc(C=O)ccc1O. The number of aliphatic hydroxyl groups excluding tert-OH is 2. The number of benzene rings is 1. The predicted octanol–water partition coefficient (Wildman–Crippen LogP) is 3.72. The van der Waals surface area contributed by atoms with Gasteiger partial charge >= 0.3 is 5.97 Å². The second-order valence-electron chi connectivity index (χ2n) is 7.27. The Balaban J connectivity index is 0. The number of hydrogen-bond donors (Lipinski definition) is 3. The van der Waals surface area contributed by atoms with E-state index < -0.39 is 18.7 Å². The van der Waals surface area contributed by atoms with Crippen molar-refractivity contribution in [2.75, 3.05) is 33.5 Å². The van der Waals surface area contributed by atoms with E-state index in [0.29, 0.717) is 30.1 Å². The molecule has 0 amide bonds. The standard InChI is InChI=1S/C11H22O4.C8H8O3.C6H14O2/c1-3-5-6-9(4-2)8-15-11(14)10(13)7-12;1-11-8-4-6(5-9)2-3-7(8)10;1-4-7-6(3)8-5-2/h9-10,12-13H,3-8H2,1-2H3;2-5,10H,1H3;6H,4-5H2,1-3H3. The van der Waals surface area contributed by atoms with Gasteiger partial charge in [0.15, 0.2) is 23.9 Å². The van der Waals surface area contributed by atoms with Gasteiger partial charge in [-0.2, -0.15) is 0 Å². The third kappa shape index (κ3) is 17.3. The molecule has 0 aromatic heterocycles. The monoisotopic (exact) mass is 488 g/mol. The third-order valence-electron chi connectivity index (χ3n) is 4.59. The van der Waals surface area contributed by atoms with Crippen LogP contribution in [0.2, 0.25) is 0 Å². The average molecular weight is 489 g/mol. The molecule has 0 radical (unpaired) electrons. The fourth-order valence-corrected chi connectivity index (χ4v) is 2.55. The summed E-state index contributed by atoms with van der Waals surface area (Å²) in [6.45, 7) is 11.2. The zero-order chi connectivity index (χ0) is 26.4. The molecule has 2 unspecified atom stereocenters. The van der Waals surface area contributed by atoms with Crippen LogP contribution in [0.4, 0.5) is 0 Å². The minimum absolute atomic E-state index is 0.0370. The maximum atomic E-state index is 11.0. The lowest BCUT2D eigenvalue weighted by molar-refractivity contribution is -0.157. The molecule has 0 aliphatic heterocycles. The molecular formula is C25H44O9. The van der Waals surface area contributed by atoms with Crippen molar-refractivity contribution in [3.8, 4) is 11.5 Å². The summed E-state index contributed by atoms with van der Waals surface area (Å²) < 4.78 is 19.8. The lowest BCUT2D eigenvalue weighted by Gasteiger charge is -2.15. The molecule has 9 nitrogen and oxygen atoms in total. The Bertz CT molecular complexity index is 631. The summed E-state index contributed by atoms with van der Waals surface area (Å²) in [5.41, 5.74) is 0.486. The number of aromatic hydroxyl groups is 1. The first-order chi connectivity index (χ1) is 16.2. The van der Waals surface area contributed by atoms with Crippen LogP contribution in [-0.4, -0.2) is 73.5 Å². The lowest BCUT2D eigenvalue weighted by Crippen LogP contribution is -2.28. The van der Waals surface area contributed by atoms with Gasteiger partial charge in [-0.05, 0) is 51.3 Å². The number of phenols is 1. The van der Waals surface area contributed by atoms with Gasteiger partial charge in [-0.25, -0.2) is 4.79 Å². The quantitative estimate of drug-likeness (QED) is 0.204. The van der Waals surface area contributed by atoms with Crippen LogP contribution in [0.5, 0.6) is 11.5 Å². The van der Waals surface area contributed by atoms with E-state index in [4.69, 9.17) is 34.3 Å². The molecule has 0 fully saturated rings. The van der Waals surface area contributed by atoms with Crippen LogP contribution < -0.4 is 4.74 Å². The van der Waals surface area contributed by atoms with Crippen LogP contribution >= 0.6 is 0 Å². The number of ether oxygens (including phenoxy) is 4. The molecule has 9 heteroatoms. The minimum Gasteiger partial charge on any atom is -0.504 e. The van der Waals surface area contributed by atoms with Crippen molar-refractivity contribution in [3.05, 3.63) is 23.8 Å². The Morgan fingerprint density at radius 2 is 1.74 bits per heavy atom.